The van der Waals surface area contributed by atoms with Crippen molar-refractivity contribution in [2.75, 3.05) is 18.0 Å². The summed E-state index contributed by atoms with van der Waals surface area (Å²) in [6.45, 7) is 1.65. The van der Waals surface area contributed by atoms with Crippen LogP contribution >= 0.6 is 0 Å². The van der Waals surface area contributed by atoms with Crippen LogP contribution in [-0.4, -0.2) is 13.1 Å². The zero-order valence-corrected chi connectivity index (χ0v) is 11.3. The van der Waals surface area contributed by atoms with Crippen LogP contribution in [0.25, 0.3) is 0 Å². The smallest absolute Gasteiger partial charge is 0.370 e. The maximum Gasteiger partial charge on any atom is 0.418 e. The van der Waals surface area contributed by atoms with E-state index < -0.39 is 11.7 Å². The molecule has 2 unspecified atom stereocenters. The van der Waals surface area contributed by atoms with E-state index in [2.05, 4.69) is 0 Å². The van der Waals surface area contributed by atoms with Gasteiger partial charge in [-0.05, 0) is 42.4 Å². The van der Waals surface area contributed by atoms with Crippen LogP contribution in [0.2, 0.25) is 0 Å². The van der Waals surface area contributed by atoms with Gasteiger partial charge in [0.15, 0.2) is 0 Å². The molecule has 0 amide bonds. The minimum atomic E-state index is -4.32. The molecule has 1 aromatic carbocycles. The molecule has 2 aliphatic rings. The predicted octanol–water partition coefficient (Wildman–Crippen LogP) is 3.40. The second-order valence-electron chi connectivity index (χ2n) is 5.91. The van der Waals surface area contributed by atoms with Crippen LogP contribution in [0, 0.1) is 11.8 Å². The van der Waals surface area contributed by atoms with Gasteiger partial charge in [0.1, 0.15) is 0 Å². The SMILES string of the molecule is NCc1ccc(N2CC3CCCC3C2)c(C(F)(F)F)c1. The number of benzene rings is 1. The first-order valence-electron chi connectivity index (χ1n) is 7.14. The topological polar surface area (TPSA) is 29.3 Å². The van der Waals surface area contributed by atoms with E-state index in [1.807, 2.05) is 4.90 Å². The fourth-order valence-corrected chi connectivity index (χ4v) is 3.64. The van der Waals surface area contributed by atoms with Gasteiger partial charge in [-0.15, -0.1) is 0 Å². The standard InChI is InChI=1S/C15H19F3N2/c16-15(17,18)13-6-10(7-19)4-5-14(13)20-8-11-2-1-3-12(11)9-20/h4-6,11-12H,1-3,7-9,19H2. The van der Waals surface area contributed by atoms with Gasteiger partial charge in [0, 0.05) is 25.3 Å². The van der Waals surface area contributed by atoms with Crippen LogP contribution in [0.5, 0.6) is 0 Å². The van der Waals surface area contributed by atoms with Gasteiger partial charge in [0.2, 0.25) is 0 Å². The first-order chi connectivity index (χ1) is 9.49. The minimum absolute atomic E-state index is 0.134. The van der Waals surface area contributed by atoms with Crippen molar-refractivity contribution >= 4 is 5.69 Å². The summed E-state index contributed by atoms with van der Waals surface area (Å²) in [6.07, 6.45) is -0.785. The van der Waals surface area contributed by atoms with E-state index in [0.29, 0.717) is 23.1 Å². The first kappa shape index (κ1) is 13.7. The highest BCUT2D eigenvalue weighted by Crippen LogP contribution is 2.43. The number of nitrogens with two attached hydrogens (primary N) is 1. The monoisotopic (exact) mass is 284 g/mol. The Kier molecular flexibility index (Phi) is 3.40. The molecule has 1 aliphatic heterocycles. The van der Waals surface area contributed by atoms with Crippen LogP contribution < -0.4 is 10.6 Å². The molecule has 2 fully saturated rings. The molecule has 1 heterocycles. The van der Waals surface area contributed by atoms with Crippen molar-refractivity contribution in [2.24, 2.45) is 17.6 Å². The van der Waals surface area contributed by atoms with Crippen molar-refractivity contribution in [3.05, 3.63) is 29.3 Å². The molecule has 5 heteroatoms. The molecule has 0 spiro atoms. The third kappa shape index (κ3) is 2.39. The maximum absolute atomic E-state index is 13.2. The molecule has 2 nitrogen and oxygen atoms in total. The van der Waals surface area contributed by atoms with Crippen LogP contribution in [-0.2, 0) is 12.7 Å². The molecule has 1 aromatic rings. The van der Waals surface area contributed by atoms with Gasteiger partial charge in [0.05, 0.1) is 5.56 Å². The fraction of sp³-hybridized carbons (Fsp3) is 0.600. The molecule has 2 atom stereocenters. The number of alkyl halides is 3. The average Bonchev–Trinajstić information content (AvgIpc) is 2.97. The second-order valence-corrected chi connectivity index (χ2v) is 5.91. The molecule has 1 saturated heterocycles. The molecule has 1 aliphatic carbocycles. The zero-order chi connectivity index (χ0) is 14.3. The largest absolute Gasteiger partial charge is 0.418 e. The Morgan fingerprint density at radius 1 is 1.15 bits per heavy atom. The van der Waals surface area contributed by atoms with E-state index in [9.17, 15) is 13.2 Å². The molecule has 2 N–H and O–H groups in total. The summed E-state index contributed by atoms with van der Waals surface area (Å²) in [7, 11) is 0. The quantitative estimate of drug-likeness (QED) is 0.902. The van der Waals surface area contributed by atoms with Gasteiger partial charge in [-0.25, -0.2) is 0 Å². The van der Waals surface area contributed by atoms with Gasteiger partial charge in [0.25, 0.3) is 0 Å². The van der Waals surface area contributed by atoms with Crippen molar-refractivity contribution < 1.29 is 13.2 Å². The summed E-state index contributed by atoms with van der Waals surface area (Å²) in [6, 6.07) is 4.49. The molecule has 1 saturated carbocycles. The van der Waals surface area contributed by atoms with E-state index in [1.54, 1.807) is 12.1 Å². The highest BCUT2D eigenvalue weighted by molar-refractivity contribution is 5.57. The van der Waals surface area contributed by atoms with E-state index >= 15 is 0 Å². The average molecular weight is 284 g/mol. The molecule has 0 bridgehead atoms. The van der Waals surface area contributed by atoms with Crippen LogP contribution in [0.15, 0.2) is 18.2 Å². The van der Waals surface area contributed by atoms with Gasteiger partial charge in [-0.3, -0.25) is 0 Å². The second kappa shape index (κ2) is 4.95. The number of fused-ring (bicyclic) bond motifs is 1. The minimum Gasteiger partial charge on any atom is -0.370 e. The number of anilines is 1. The predicted molar refractivity (Wildman–Crippen MR) is 72.4 cm³/mol. The summed E-state index contributed by atoms with van der Waals surface area (Å²) in [4.78, 5) is 1.91. The third-order valence-electron chi connectivity index (χ3n) is 4.67. The highest BCUT2D eigenvalue weighted by atomic mass is 19.4. The van der Waals surface area contributed by atoms with Crippen molar-refractivity contribution in [2.45, 2.75) is 32.0 Å². The van der Waals surface area contributed by atoms with Crippen LogP contribution in [0.3, 0.4) is 0 Å². The number of hydrogen-bond donors (Lipinski definition) is 1. The Balaban J connectivity index is 1.93. The van der Waals surface area contributed by atoms with Crippen LogP contribution in [0.4, 0.5) is 18.9 Å². The Morgan fingerprint density at radius 3 is 2.35 bits per heavy atom. The van der Waals surface area contributed by atoms with Crippen molar-refractivity contribution in [1.29, 1.82) is 0 Å². The molecule has 3 rings (SSSR count). The molecular weight excluding hydrogens is 265 g/mol. The number of halogens is 3. The number of hydrogen-bond acceptors (Lipinski definition) is 2. The van der Waals surface area contributed by atoms with Gasteiger partial charge < -0.3 is 10.6 Å². The van der Waals surface area contributed by atoms with E-state index in [4.69, 9.17) is 5.73 Å². The van der Waals surface area contributed by atoms with Crippen LogP contribution in [0.1, 0.15) is 30.4 Å². The highest BCUT2D eigenvalue weighted by Gasteiger charge is 2.40. The Morgan fingerprint density at radius 2 is 1.80 bits per heavy atom. The zero-order valence-electron chi connectivity index (χ0n) is 11.3. The van der Waals surface area contributed by atoms with Gasteiger partial charge >= 0.3 is 6.18 Å². The number of rotatable bonds is 2. The van der Waals surface area contributed by atoms with E-state index in [0.717, 1.165) is 25.9 Å². The molecule has 0 radical (unpaired) electrons. The molecular formula is C15H19F3N2. The van der Waals surface area contributed by atoms with Gasteiger partial charge in [-0.2, -0.15) is 13.2 Å². The van der Waals surface area contributed by atoms with Gasteiger partial charge in [-0.1, -0.05) is 12.5 Å². The third-order valence-corrected chi connectivity index (χ3v) is 4.67. The molecule has 20 heavy (non-hydrogen) atoms. The van der Waals surface area contributed by atoms with E-state index in [-0.39, 0.29) is 6.54 Å². The Hall–Kier alpha value is -1.23. The summed E-state index contributed by atoms with van der Waals surface area (Å²) in [5.74, 6) is 1.15. The first-order valence-corrected chi connectivity index (χ1v) is 7.14. The Bertz CT molecular complexity index is 486. The molecule has 0 aromatic heterocycles. The summed E-state index contributed by atoms with van der Waals surface area (Å²) in [5.41, 5.74) is 5.77. The summed E-state index contributed by atoms with van der Waals surface area (Å²) < 4.78 is 39.7. The maximum atomic E-state index is 13.2. The van der Waals surface area contributed by atoms with Crippen molar-refractivity contribution in [3.8, 4) is 0 Å². The molecule has 110 valence electrons. The number of nitrogens with zero attached hydrogens (tertiary/aromatic N) is 1. The lowest BCUT2D eigenvalue weighted by Gasteiger charge is -2.24. The van der Waals surface area contributed by atoms with Crippen molar-refractivity contribution in [1.82, 2.24) is 0 Å². The lowest BCUT2D eigenvalue weighted by atomic mass is 10.0. The summed E-state index contributed by atoms with van der Waals surface area (Å²) in [5, 5.41) is 0. The Labute approximate surface area is 116 Å². The normalized spacial score (nSPS) is 26.1. The summed E-state index contributed by atoms with van der Waals surface area (Å²) >= 11 is 0. The fourth-order valence-electron chi connectivity index (χ4n) is 3.64. The lowest BCUT2D eigenvalue weighted by molar-refractivity contribution is -0.137. The van der Waals surface area contributed by atoms with E-state index in [1.165, 1.54) is 12.5 Å². The van der Waals surface area contributed by atoms with Crippen molar-refractivity contribution in [3.63, 3.8) is 0 Å². The lowest BCUT2D eigenvalue weighted by Crippen LogP contribution is -2.24.